The van der Waals surface area contributed by atoms with Crippen molar-refractivity contribution in [2.24, 2.45) is 0 Å². The Morgan fingerprint density at radius 3 is 1.73 bits per heavy atom. The summed E-state index contributed by atoms with van der Waals surface area (Å²) in [5.74, 6) is -11.0. The van der Waals surface area contributed by atoms with Crippen molar-refractivity contribution in [3.05, 3.63) is 0 Å². The average molecular weight is 835 g/mol. The van der Waals surface area contributed by atoms with Crippen LogP contribution in [0, 0.1) is 0 Å². The zero-order valence-corrected chi connectivity index (χ0v) is 32.2. The standard InChI is InChI=1S/C34H59O21P/c1-2-3-4-5-6-7-8-9-10-11-12-13-14-15-21(36)32(45)31(44)53-56(48)54-33(46,34(32,47)55-56)22(37)18-50-30-28(43)26(41)24(39)20(52-30)17-49-29-27(42)25(40)23(38)19(16-35)51-29/h19-20,22-30,35,37-43,45-47H,2-18H2,1H3/t19-,20-,22-,23-,24-,25+,26+,27-,28-,29+,30+,32+,33-,34+,56?/m1/s1. The van der Waals surface area contributed by atoms with Gasteiger partial charge in [0.2, 0.25) is 0 Å². The van der Waals surface area contributed by atoms with Gasteiger partial charge in [0.25, 0.3) is 17.2 Å². The van der Waals surface area contributed by atoms with Gasteiger partial charge in [-0.1, -0.05) is 84.0 Å². The fraction of sp³-hybridized carbons (Fsp3) is 0.941. The van der Waals surface area contributed by atoms with Crippen LogP contribution in [-0.2, 0) is 46.7 Å². The van der Waals surface area contributed by atoms with E-state index in [0.717, 1.165) is 32.1 Å². The molecule has 56 heavy (non-hydrogen) atoms. The molecule has 4 heterocycles. The van der Waals surface area contributed by atoms with Crippen molar-refractivity contribution in [3.8, 4) is 0 Å². The maximum Gasteiger partial charge on any atom is 0.538 e. The van der Waals surface area contributed by atoms with Crippen molar-refractivity contribution < 1.29 is 103 Å². The third-order valence-electron chi connectivity index (χ3n) is 10.7. The van der Waals surface area contributed by atoms with E-state index in [1.54, 1.807) is 0 Å². The van der Waals surface area contributed by atoms with Gasteiger partial charge in [-0.2, -0.15) is 0 Å². The summed E-state index contributed by atoms with van der Waals surface area (Å²) < 4.78 is 48.3. The summed E-state index contributed by atoms with van der Waals surface area (Å²) in [4.78, 5) is 26.2. The van der Waals surface area contributed by atoms with E-state index in [0.29, 0.717) is 6.42 Å². The maximum absolute atomic E-state index is 13.3. The summed E-state index contributed by atoms with van der Waals surface area (Å²) in [5.41, 5.74) is -3.75. The summed E-state index contributed by atoms with van der Waals surface area (Å²) in [6.07, 6.45) is -8.35. The smallest absolute Gasteiger partial charge is 0.394 e. The second kappa shape index (κ2) is 20.3. The first kappa shape index (κ1) is 47.4. The van der Waals surface area contributed by atoms with Crippen LogP contribution in [0.15, 0.2) is 0 Å². The van der Waals surface area contributed by atoms with E-state index in [9.17, 15) is 70.3 Å². The first-order chi connectivity index (χ1) is 26.4. The highest BCUT2D eigenvalue weighted by molar-refractivity contribution is 7.49. The Morgan fingerprint density at radius 2 is 1.20 bits per heavy atom. The predicted octanol–water partition coefficient (Wildman–Crippen LogP) is -2.14. The molecule has 0 aliphatic carbocycles. The van der Waals surface area contributed by atoms with Gasteiger partial charge in [0.15, 0.2) is 18.4 Å². The number of carbonyl (C=O) groups is 2. The minimum absolute atomic E-state index is 0.136. The minimum atomic E-state index is -5.26. The lowest BCUT2D eigenvalue weighted by atomic mass is 9.79. The van der Waals surface area contributed by atoms with E-state index >= 15 is 0 Å². The Hall–Kier alpha value is -1.31. The summed E-state index contributed by atoms with van der Waals surface area (Å²) in [7, 11) is -5.26. The quantitative estimate of drug-likeness (QED) is 0.0297. The molecular formula is C34H59O21P. The number of carbonyl (C=O) groups excluding carboxylic acids is 2. The molecule has 0 saturated carbocycles. The van der Waals surface area contributed by atoms with Crippen LogP contribution in [0.1, 0.15) is 96.8 Å². The second-order valence-electron chi connectivity index (χ2n) is 14.9. The number of phosphoric ester groups is 1. The molecule has 22 heteroatoms. The molecule has 0 aromatic rings. The Kier molecular flexibility index (Phi) is 17.2. The molecule has 0 spiro atoms. The van der Waals surface area contributed by atoms with Gasteiger partial charge in [-0.25, -0.2) is 18.4 Å². The van der Waals surface area contributed by atoms with Crippen molar-refractivity contribution in [2.75, 3.05) is 19.8 Å². The fourth-order valence-electron chi connectivity index (χ4n) is 7.11. The summed E-state index contributed by atoms with van der Waals surface area (Å²) in [5, 5.41) is 116. The zero-order valence-electron chi connectivity index (χ0n) is 31.3. The summed E-state index contributed by atoms with van der Waals surface area (Å²) in [6, 6.07) is 0. The van der Waals surface area contributed by atoms with Crippen molar-refractivity contribution in [1.82, 2.24) is 0 Å². The second-order valence-corrected chi connectivity index (χ2v) is 16.3. The SMILES string of the molecule is CCCCCCCCCCCCCCCC(=O)[C@]1(O)C(=O)OP2(=O)O[C@]1(O)[C@@](O)([C@H](O)CO[C@H]1O[C@H](CO[C@H]3O[C@H](CO)[C@@H](O)[C@H](O)[C@H]3O)[C@@H](O)[C@H](O)[C@H]1O)O2. The molecule has 21 nitrogen and oxygen atoms in total. The van der Waals surface area contributed by atoms with Crippen LogP contribution in [-0.4, -0.2) is 172 Å². The highest BCUT2D eigenvalue weighted by Crippen LogP contribution is 2.70. The number of Topliss-reactive ketones (excluding diaryl/α,β-unsaturated/α-hetero) is 1. The molecule has 326 valence electrons. The molecule has 0 aromatic carbocycles. The number of ether oxygens (including phenoxy) is 4. The van der Waals surface area contributed by atoms with Gasteiger partial charge in [0.1, 0.15) is 54.9 Å². The molecule has 0 radical (unpaired) electrons. The van der Waals surface area contributed by atoms with Crippen LogP contribution in [0.3, 0.4) is 0 Å². The molecule has 4 aliphatic heterocycles. The van der Waals surface area contributed by atoms with Crippen LogP contribution < -0.4 is 0 Å². The van der Waals surface area contributed by atoms with Gasteiger partial charge in [0.05, 0.1) is 19.8 Å². The van der Waals surface area contributed by atoms with E-state index in [1.807, 2.05) is 0 Å². The van der Waals surface area contributed by atoms with Gasteiger partial charge in [-0.3, -0.25) is 4.79 Å². The monoisotopic (exact) mass is 834 g/mol. The molecule has 4 rings (SSSR count). The zero-order chi connectivity index (χ0) is 41.5. The molecule has 1 unspecified atom stereocenters. The lowest BCUT2D eigenvalue weighted by Gasteiger charge is -2.44. The number of aliphatic hydroxyl groups is 11. The minimum Gasteiger partial charge on any atom is -0.394 e. The van der Waals surface area contributed by atoms with E-state index in [2.05, 4.69) is 11.4 Å². The number of fused-ring (bicyclic) bond motifs is 2. The maximum atomic E-state index is 13.3. The van der Waals surface area contributed by atoms with Gasteiger partial charge in [-0.15, -0.1) is 0 Å². The van der Waals surface area contributed by atoms with Crippen LogP contribution in [0.5, 0.6) is 0 Å². The van der Waals surface area contributed by atoms with Gasteiger partial charge >= 0.3 is 13.8 Å². The van der Waals surface area contributed by atoms with Gasteiger partial charge < -0.3 is 79.6 Å². The van der Waals surface area contributed by atoms with Gasteiger partial charge in [0, 0.05) is 6.42 Å². The molecule has 2 bridgehead atoms. The Balaban J connectivity index is 1.32. The summed E-state index contributed by atoms with van der Waals surface area (Å²) >= 11 is 0. The van der Waals surface area contributed by atoms with Crippen molar-refractivity contribution >= 4 is 19.6 Å². The van der Waals surface area contributed by atoms with E-state index in [1.165, 1.54) is 38.5 Å². The first-order valence-corrected chi connectivity index (χ1v) is 20.7. The van der Waals surface area contributed by atoms with Crippen LogP contribution >= 0.6 is 7.82 Å². The summed E-state index contributed by atoms with van der Waals surface area (Å²) in [6.45, 7) is -0.625. The number of ketones is 1. The molecule has 11 N–H and O–H groups in total. The molecule has 4 aliphatic rings. The molecule has 0 amide bonds. The van der Waals surface area contributed by atoms with E-state index in [4.69, 9.17) is 28.0 Å². The third kappa shape index (κ3) is 9.99. The Labute approximate surface area is 323 Å². The number of unbranched alkanes of at least 4 members (excludes halogenated alkanes) is 12. The Bertz CT molecular complexity index is 1320. The normalized spacial score (nSPS) is 41.8. The van der Waals surface area contributed by atoms with Gasteiger partial charge in [-0.05, 0) is 6.42 Å². The molecular weight excluding hydrogens is 775 g/mol. The van der Waals surface area contributed by atoms with E-state index in [-0.39, 0.29) is 6.42 Å². The molecule has 0 aromatic heterocycles. The number of hydrogen-bond acceptors (Lipinski definition) is 21. The lowest BCUT2D eigenvalue weighted by Crippen LogP contribution is -2.76. The predicted molar refractivity (Wildman–Crippen MR) is 184 cm³/mol. The van der Waals surface area contributed by atoms with Crippen molar-refractivity contribution in [2.45, 2.75) is 182 Å². The average Bonchev–Trinajstić information content (AvgIpc) is 3.36. The topological polar surface area (TPSA) is 338 Å². The highest BCUT2D eigenvalue weighted by Gasteiger charge is 2.85. The van der Waals surface area contributed by atoms with E-state index < -0.39 is 131 Å². The molecule has 4 saturated heterocycles. The van der Waals surface area contributed by atoms with Crippen LogP contribution in [0.2, 0.25) is 0 Å². The lowest BCUT2D eigenvalue weighted by molar-refractivity contribution is -0.376. The number of aliphatic hydroxyl groups excluding tert-OH is 8. The van der Waals surface area contributed by atoms with Crippen molar-refractivity contribution in [3.63, 3.8) is 0 Å². The third-order valence-corrected chi connectivity index (χ3v) is 12.1. The largest absolute Gasteiger partial charge is 0.538 e. The van der Waals surface area contributed by atoms with Crippen molar-refractivity contribution in [1.29, 1.82) is 0 Å². The first-order valence-electron chi connectivity index (χ1n) is 19.3. The number of hydrogen-bond donors (Lipinski definition) is 11. The Morgan fingerprint density at radius 1 is 0.714 bits per heavy atom. The fourth-order valence-corrected chi connectivity index (χ4v) is 8.73. The molecule has 15 atom stereocenters. The van der Waals surface area contributed by atoms with Crippen LogP contribution in [0.4, 0.5) is 0 Å². The number of phosphoric acid groups is 1. The molecule has 4 fully saturated rings. The highest BCUT2D eigenvalue weighted by atomic mass is 31.2. The number of rotatable bonds is 23. The van der Waals surface area contributed by atoms with Crippen LogP contribution in [0.25, 0.3) is 0 Å².